The molecule has 0 aliphatic heterocycles. The fourth-order valence-corrected chi connectivity index (χ4v) is 4.84. The van der Waals surface area contributed by atoms with E-state index in [0.29, 0.717) is 17.4 Å². The van der Waals surface area contributed by atoms with Crippen molar-refractivity contribution in [2.75, 3.05) is 6.54 Å². The Labute approximate surface area is 132 Å². The highest BCUT2D eigenvalue weighted by Crippen LogP contribution is 2.40. The van der Waals surface area contributed by atoms with Crippen LogP contribution in [-0.2, 0) is 0 Å². The van der Waals surface area contributed by atoms with E-state index in [2.05, 4.69) is 77.9 Å². The summed E-state index contributed by atoms with van der Waals surface area (Å²) in [7, 11) is 0. The number of thiophene rings is 1. The molecule has 1 aromatic heterocycles. The van der Waals surface area contributed by atoms with E-state index in [9.17, 15) is 0 Å². The summed E-state index contributed by atoms with van der Waals surface area (Å²) in [5.74, 6) is 0.673. The summed E-state index contributed by atoms with van der Waals surface area (Å²) < 4.78 is 2.43. The maximum atomic E-state index is 3.68. The highest BCUT2D eigenvalue weighted by molar-refractivity contribution is 9.12. The van der Waals surface area contributed by atoms with Crippen molar-refractivity contribution in [2.24, 2.45) is 11.3 Å². The molecule has 1 N–H and O–H groups in total. The Hall–Kier alpha value is 0.620. The third kappa shape index (κ3) is 4.62. The van der Waals surface area contributed by atoms with Crippen LogP contribution in [0.4, 0.5) is 0 Å². The summed E-state index contributed by atoms with van der Waals surface area (Å²) in [6.07, 6.45) is 1.17. The normalized spacial score (nSPS) is 15.7. The maximum absolute atomic E-state index is 3.68. The van der Waals surface area contributed by atoms with Crippen molar-refractivity contribution in [2.45, 2.75) is 47.1 Å². The molecule has 1 rings (SSSR count). The van der Waals surface area contributed by atoms with Crippen LogP contribution >= 0.6 is 43.2 Å². The van der Waals surface area contributed by atoms with Gasteiger partial charge in [-0.25, -0.2) is 0 Å². The lowest BCUT2D eigenvalue weighted by Crippen LogP contribution is -2.27. The first-order valence-electron chi connectivity index (χ1n) is 6.43. The second kappa shape index (κ2) is 6.87. The van der Waals surface area contributed by atoms with Gasteiger partial charge in [0.1, 0.15) is 0 Å². The highest BCUT2D eigenvalue weighted by Gasteiger charge is 2.25. The summed E-state index contributed by atoms with van der Waals surface area (Å²) in [4.78, 5) is 0. The van der Waals surface area contributed by atoms with Gasteiger partial charge in [-0.15, -0.1) is 11.3 Å². The molecule has 1 nitrogen and oxygen atoms in total. The van der Waals surface area contributed by atoms with Crippen molar-refractivity contribution in [1.29, 1.82) is 0 Å². The standard InChI is InChI=1S/C14H23Br2NS/c1-6-17-11(7-9(2)14(3,4)5)10-8-12(15)18-13(10)16/h8-9,11,17H,6-7H2,1-5H3. The quantitative estimate of drug-likeness (QED) is 0.643. The topological polar surface area (TPSA) is 12.0 Å². The fourth-order valence-electron chi connectivity index (χ4n) is 1.86. The van der Waals surface area contributed by atoms with Crippen LogP contribution in [-0.4, -0.2) is 6.54 Å². The number of hydrogen-bond donors (Lipinski definition) is 1. The van der Waals surface area contributed by atoms with Crippen molar-refractivity contribution >= 4 is 43.2 Å². The number of nitrogens with one attached hydrogen (secondary N) is 1. The second-order valence-corrected chi connectivity index (χ2v) is 9.64. The number of halogens is 2. The van der Waals surface area contributed by atoms with Crippen molar-refractivity contribution in [3.63, 3.8) is 0 Å². The molecule has 4 heteroatoms. The van der Waals surface area contributed by atoms with E-state index in [1.807, 2.05) is 0 Å². The molecule has 0 aliphatic carbocycles. The van der Waals surface area contributed by atoms with Crippen molar-refractivity contribution in [3.05, 3.63) is 19.2 Å². The third-order valence-corrected chi connectivity index (χ3v) is 5.96. The molecule has 1 aromatic rings. The lowest BCUT2D eigenvalue weighted by Gasteiger charge is -2.31. The minimum absolute atomic E-state index is 0.355. The minimum Gasteiger partial charge on any atom is -0.310 e. The van der Waals surface area contributed by atoms with Gasteiger partial charge in [0.15, 0.2) is 0 Å². The minimum atomic E-state index is 0.355. The van der Waals surface area contributed by atoms with Crippen LogP contribution in [0.2, 0.25) is 0 Å². The van der Waals surface area contributed by atoms with Crippen molar-refractivity contribution in [1.82, 2.24) is 5.32 Å². The van der Waals surface area contributed by atoms with Gasteiger partial charge in [0.25, 0.3) is 0 Å². The van der Waals surface area contributed by atoms with Crippen LogP contribution < -0.4 is 5.32 Å². The predicted molar refractivity (Wildman–Crippen MR) is 89.4 cm³/mol. The molecular formula is C14H23Br2NS. The molecule has 1 heterocycles. The molecule has 0 saturated carbocycles. The predicted octanol–water partition coefficient (Wildman–Crippen LogP) is 6.00. The van der Waals surface area contributed by atoms with Crippen LogP contribution in [0.5, 0.6) is 0 Å². The van der Waals surface area contributed by atoms with E-state index in [1.54, 1.807) is 11.3 Å². The lowest BCUT2D eigenvalue weighted by atomic mass is 9.78. The Morgan fingerprint density at radius 2 is 1.94 bits per heavy atom. The van der Waals surface area contributed by atoms with Crippen LogP contribution in [0, 0.1) is 11.3 Å². The van der Waals surface area contributed by atoms with Gasteiger partial charge in [-0.05, 0) is 67.8 Å². The molecule has 0 fully saturated rings. The monoisotopic (exact) mass is 395 g/mol. The zero-order valence-electron chi connectivity index (χ0n) is 11.8. The molecule has 0 aromatic carbocycles. The highest BCUT2D eigenvalue weighted by atomic mass is 79.9. The Balaban J connectivity index is 2.86. The Morgan fingerprint density at radius 3 is 2.33 bits per heavy atom. The zero-order valence-corrected chi connectivity index (χ0v) is 15.8. The smallest absolute Gasteiger partial charge is 0.0758 e. The summed E-state index contributed by atoms with van der Waals surface area (Å²) >= 11 is 9.00. The molecule has 104 valence electrons. The number of rotatable bonds is 5. The fraction of sp³-hybridized carbons (Fsp3) is 0.714. The summed E-state index contributed by atoms with van der Waals surface area (Å²) in [5.41, 5.74) is 1.73. The number of hydrogen-bond acceptors (Lipinski definition) is 2. The van der Waals surface area contributed by atoms with Crippen LogP contribution in [0.1, 0.15) is 52.6 Å². The average molecular weight is 397 g/mol. The van der Waals surface area contributed by atoms with Crippen LogP contribution in [0.15, 0.2) is 13.6 Å². The zero-order chi connectivity index (χ0) is 13.9. The van der Waals surface area contributed by atoms with Gasteiger partial charge < -0.3 is 5.32 Å². The second-order valence-electron chi connectivity index (χ2n) is 5.89. The largest absolute Gasteiger partial charge is 0.310 e. The molecule has 0 aliphatic rings. The third-order valence-electron chi connectivity index (χ3n) is 3.58. The van der Waals surface area contributed by atoms with Gasteiger partial charge >= 0.3 is 0 Å². The van der Waals surface area contributed by atoms with Gasteiger partial charge in [-0.3, -0.25) is 0 Å². The Morgan fingerprint density at radius 1 is 1.33 bits per heavy atom. The first-order valence-corrected chi connectivity index (χ1v) is 8.84. The molecule has 0 spiro atoms. The van der Waals surface area contributed by atoms with Crippen LogP contribution in [0.3, 0.4) is 0 Å². The first-order chi connectivity index (χ1) is 8.25. The lowest BCUT2D eigenvalue weighted by molar-refractivity contribution is 0.224. The SMILES string of the molecule is CCNC(CC(C)C(C)(C)C)c1cc(Br)sc1Br. The maximum Gasteiger partial charge on any atom is 0.0758 e. The molecular weight excluding hydrogens is 374 g/mol. The van der Waals surface area contributed by atoms with E-state index in [4.69, 9.17) is 0 Å². The van der Waals surface area contributed by atoms with Gasteiger partial charge in [-0.1, -0.05) is 34.6 Å². The molecule has 2 atom stereocenters. The molecule has 18 heavy (non-hydrogen) atoms. The molecule has 0 saturated heterocycles. The molecule has 0 radical (unpaired) electrons. The first kappa shape index (κ1) is 16.7. The Kier molecular flexibility index (Phi) is 6.36. The Bertz CT molecular complexity index is 382. The molecule has 0 bridgehead atoms. The average Bonchev–Trinajstić information content (AvgIpc) is 2.55. The molecule has 0 amide bonds. The van der Waals surface area contributed by atoms with E-state index in [-0.39, 0.29) is 0 Å². The summed E-state index contributed by atoms with van der Waals surface area (Å²) in [6, 6.07) is 2.67. The van der Waals surface area contributed by atoms with Gasteiger partial charge in [0.05, 0.1) is 7.57 Å². The van der Waals surface area contributed by atoms with E-state index >= 15 is 0 Å². The van der Waals surface area contributed by atoms with E-state index < -0.39 is 0 Å². The van der Waals surface area contributed by atoms with Gasteiger partial charge in [0, 0.05) is 6.04 Å². The molecule has 2 unspecified atom stereocenters. The van der Waals surface area contributed by atoms with Crippen molar-refractivity contribution < 1.29 is 0 Å². The van der Waals surface area contributed by atoms with Gasteiger partial charge in [-0.2, -0.15) is 0 Å². The van der Waals surface area contributed by atoms with Crippen molar-refractivity contribution in [3.8, 4) is 0 Å². The summed E-state index contributed by atoms with van der Waals surface area (Å²) in [5, 5.41) is 3.61. The van der Waals surface area contributed by atoms with E-state index in [1.165, 1.54) is 19.6 Å². The summed E-state index contributed by atoms with van der Waals surface area (Å²) in [6.45, 7) is 12.5. The van der Waals surface area contributed by atoms with Crippen LogP contribution in [0.25, 0.3) is 0 Å². The van der Waals surface area contributed by atoms with Gasteiger partial charge in [0.2, 0.25) is 0 Å². The van der Waals surface area contributed by atoms with E-state index in [0.717, 1.165) is 6.54 Å².